The van der Waals surface area contributed by atoms with Crippen molar-refractivity contribution in [3.05, 3.63) is 47.9 Å². The van der Waals surface area contributed by atoms with E-state index in [1.807, 2.05) is 11.8 Å². The molecule has 0 saturated carbocycles. The summed E-state index contributed by atoms with van der Waals surface area (Å²) in [7, 11) is 0. The first-order chi connectivity index (χ1) is 8.99. The third-order valence-electron chi connectivity index (χ3n) is 3.56. The van der Waals surface area contributed by atoms with Crippen LogP contribution in [-0.4, -0.2) is 5.25 Å². The SMILES string of the molecule is C=C(C)S[C@@H](C)C[C@@H]1C/C=C\CC[C@H](C)/C=C\C1=C. The van der Waals surface area contributed by atoms with E-state index >= 15 is 0 Å². The minimum absolute atomic E-state index is 0.569. The number of allylic oxidation sites excluding steroid dienone is 6. The Hall–Kier alpha value is -0.690. The van der Waals surface area contributed by atoms with Crippen LogP contribution in [0.5, 0.6) is 0 Å². The van der Waals surface area contributed by atoms with Gasteiger partial charge in [0, 0.05) is 5.25 Å². The summed E-state index contributed by atoms with van der Waals surface area (Å²) < 4.78 is 0. The molecule has 1 rings (SSSR count). The smallest absolute Gasteiger partial charge is 0.00684 e. The van der Waals surface area contributed by atoms with Crippen LogP contribution in [0.3, 0.4) is 0 Å². The molecule has 0 nitrogen and oxygen atoms in total. The van der Waals surface area contributed by atoms with Gasteiger partial charge in [0.25, 0.3) is 0 Å². The summed E-state index contributed by atoms with van der Waals surface area (Å²) in [4.78, 5) is 1.21. The lowest BCUT2D eigenvalue weighted by Gasteiger charge is -2.21. The Morgan fingerprint density at radius 3 is 2.89 bits per heavy atom. The van der Waals surface area contributed by atoms with E-state index in [9.17, 15) is 0 Å². The van der Waals surface area contributed by atoms with E-state index in [1.54, 1.807) is 0 Å². The minimum atomic E-state index is 0.569. The van der Waals surface area contributed by atoms with E-state index in [4.69, 9.17) is 0 Å². The molecule has 0 aromatic heterocycles. The molecule has 0 aromatic carbocycles. The van der Waals surface area contributed by atoms with Gasteiger partial charge in [-0.15, -0.1) is 11.8 Å². The number of thioether (sulfide) groups is 1. The molecule has 0 N–H and O–H groups in total. The van der Waals surface area contributed by atoms with Crippen LogP contribution in [0.15, 0.2) is 47.9 Å². The third-order valence-corrected chi connectivity index (χ3v) is 4.56. The standard InChI is InChI=1S/C18H28S/c1-14(2)19-17(5)13-18-10-8-6-7-9-15(3)11-12-16(18)4/h6,8,11-12,15,17-18H,1,4,7,9-10,13H2,2-3,5H3/b8-6-,12-11-/t15-,17-,18-/m0/s1. The predicted molar refractivity (Wildman–Crippen MR) is 90.4 cm³/mol. The Bertz CT molecular complexity index is 362. The Balaban J connectivity index is 2.66. The highest BCUT2D eigenvalue weighted by atomic mass is 32.2. The average molecular weight is 276 g/mol. The van der Waals surface area contributed by atoms with Crippen LogP contribution in [0.25, 0.3) is 0 Å². The van der Waals surface area contributed by atoms with Gasteiger partial charge in [0.2, 0.25) is 0 Å². The molecule has 0 aromatic rings. The van der Waals surface area contributed by atoms with Gasteiger partial charge in [-0.05, 0) is 49.3 Å². The van der Waals surface area contributed by atoms with E-state index in [-0.39, 0.29) is 0 Å². The largest absolute Gasteiger partial charge is 0.128 e. The summed E-state index contributed by atoms with van der Waals surface area (Å²) in [6, 6.07) is 0. The summed E-state index contributed by atoms with van der Waals surface area (Å²) in [6.45, 7) is 14.9. The van der Waals surface area contributed by atoms with Gasteiger partial charge in [-0.1, -0.05) is 56.9 Å². The molecule has 0 bridgehead atoms. The zero-order valence-corrected chi connectivity index (χ0v) is 13.5. The molecule has 0 fully saturated rings. The summed E-state index contributed by atoms with van der Waals surface area (Å²) in [5, 5.41) is 0.612. The molecule has 1 aliphatic carbocycles. The lowest BCUT2D eigenvalue weighted by molar-refractivity contribution is 0.571. The van der Waals surface area contributed by atoms with Crippen molar-refractivity contribution >= 4 is 11.8 Å². The maximum atomic E-state index is 4.28. The second-order valence-corrected chi connectivity index (χ2v) is 7.50. The van der Waals surface area contributed by atoms with Gasteiger partial charge in [0.1, 0.15) is 0 Å². The van der Waals surface area contributed by atoms with E-state index in [0.29, 0.717) is 17.1 Å². The molecule has 0 amide bonds. The normalized spacial score (nSPS) is 29.5. The van der Waals surface area contributed by atoms with Crippen molar-refractivity contribution in [1.82, 2.24) is 0 Å². The first kappa shape index (κ1) is 16.4. The second-order valence-electron chi connectivity index (χ2n) is 5.76. The number of hydrogen-bond donors (Lipinski definition) is 0. The van der Waals surface area contributed by atoms with Gasteiger partial charge in [-0.3, -0.25) is 0 Å². The van der Waals surface area contributed by atoms with Gasteiger partial charge in [-0.2, -0.15) is 0 Å². The second kappa shape index (κ2) is 8.47. The van der Waals surface area contributed by atoms with Crippen LogP contribution >= 0.6 is 11.8 Å². The van der Waals surface area contributed by atoms with Gasteiger partial charge in [-0.25, -0.2) is 0 Å². The zero-order chi connectivity index (χ0) is 14.3. The van der Waals surface area contributed by atoms with Crippen molar-refractivity contribution in [2.24, 2.45) is 11.8 Å². The Kier molecular flexibility index (Phi) is 7.30. The monoisotopic (exact) mass is 276 g/mol. The van der Waals surface area contributed by atoms with Crippen molar-refractivity contribution in [3.8, 4) is 0 Å². The number of hydrogen-bond acceptors (Lipinski definition) is 1. The Morgan fingerprint density at radius 2 is 2.21 bits per heavy atom. The first-order valence-corrected chi connectivity index (χ1v) is 8.21. The van der Waals surface area contributed by atoms with E-state index in [1.165, 1.54) is 29.7 Å². The quantitative estimate of drug-likeness (QED) is 0.556. The molecule has 0 radical (unpaired) electrons. The lowest BCUT2D eigenvalue weighted by atomic mass is 9.89. The van der Waals surface area contributed by atoms with Crippen molar-refractivity contribution < 1.29 is 0 Å². The fraction of sp³-hybridized carbons (Fsp3) is 0.556. The maximum Gasteiger partial charge on any atom is 0.00684 e. The predicted octanol–water partition coefficient (Wildman–Crippen LogP) is 6.14. The maximum absolute atomic E-state index is 4.28. The summed E-state index contributed by atoms with van der Waals surface area (Å²) in [5.41, 5.74) is 1.28. The van der Waals surface area contributed by atoms with Crippen molar-refractivity contribution in [2.75, 3.05) is 0 Å². The third kappa shape index (κ3) is 6.87. The molecule has 0 unspecified atom stereocenters. The van der Waals surface area contributed by atoms with Gasteiger partial charge < -0.3 is 0 Å². The highest BCUT2D eigenvalue weighted by Crippen LogP contribution is 2.30. The highest BCUT2D eigenvalue weighted by Gasteiger charge is 2.15. The summed E-state index contributed by atoms with van der Waals surface area (Å²) in [5.74, 6) is 1.22. The fourth-order valence-electron chi connectivity index (χ4n) is 2.45. The zero-order valence-electron chi connectivity index (χ0n) is 12.7. The lowest BCUT2D eigenvalue weighted by Crippen LogP contribution is -2.09. The number of rotatable bonds is 4. The Morgan fingerprint density at radius 1 is 1.47 bits per heavy atom. The highest BCUT2D eigenvalue weighted by molar-refractivity contribution is 8.03. The molecule has 0 spiro atoms. The molecule has 106 valence electrons. The van der Waals surface area contributed by atoms with E-state index in [2.05, 4.69) is 58.2 Å². The topological polar surface area (TPSA) is 0 Å². The average Bonchev–Trinajstić information content (AvgIpc) is 2.32. The minimum Gasteiger partial charge on any atom is -0.128 e. The van der Waals surface area contributed by atoms with Gasteiger partial charge >= 0.3 is 0 Å². The molecule has 1 heteroatoms. The Labute approximate surface area is 123 Å². The molecule has 0 aliphatic heterocycles. The first-order valence-electron chi connectivity index (χ1n) is 7.33. The summed E-state index contributed by atoms with van der Waals surface area (Å²) >= 11 is 1.89. The van der Waals surface area contributed by atoms with Gasteiger partial charge in [0.05, 0.1) is 0 Å². The fourth-order valence-corrected chi connectivity index (χ4v) is 3.46. The van der Waals surface area contributed by atoms with Crippen LogP contribution in [0.2, 0.25) is 0 Å². The van der Waals surface area contributed by atoms with Crippen molar-refractivity contribution in [3.63, 3.8) is 0 Å². The molecule has 3 atom stereocenters. The van der Waals surface area contributed by atoms with Crippen LogP contribution in [-0.2, 0) is 0 Å². The summed E-state index contributed by atoms with van der Waals surface area (Å²) in [6.07, 6.45) is 14.0. The molecule has 0 heterocycles. The molecule has 19 heavy (non-hydrogen) atoms. The molecule has 0 saturated heterocycles. The van der Waals surface area contributed by atoms with Crippen LogP contribution in [0.4, 0.5) is 0 Å². The van der Waals surface area contributed by atoms with Crippen LogP contribution in [0.1, 0.15) is 46.5 Å². The van der Waals surface area contributed by atoms with Crippen molar-refractivity contribution in [1.29, 1.82) is 0 Å². The van der Waals surface area contributed by atoms with E-state index in [0.717, 1.165) is 6.42 Å². The molecular weight excluding hydrogens is 248 g/mol. The van der Waals surface area contributed by atoms with E-state index < -0.39 is 0 Å². The molecule has 1 aliphatic rings. The van der Waals surface area contributed by atoms with Gasteiger partial charge in [0.15, 0.2) is 0 Å². The van der Waals surface area contributed by atoms with Crippen LogP contribution in [0, 0.1) is 11.8 Å². The van der Waals surface area contributed by atoms with Crippen molar-refractivity contribution in [2.45, 2.75) is 51.7 Å². The molecular formula is C18H28S. The van der Waals surface area contributed by atoms with Crippen LogP contribution < -0.4 is 0 Å².